The van der Waals surface area contributed by atoms with E-state index in [4.69, 9.17) is 4.74 Å². The van der Waals surface area contributed by atoms with Crippen molar-refractivity contribution >= 4 is 0 Å². The normalized spacial score (nSPS) is 37.0. The molecule has 0 spiro atoms. The van der Waals surface area contributed by atoms with Gasteiger partial charge in [0.2, 0.25) is 0 Å². The zero-order chi connectivity index (χ0) is 16.0. The third-order valence-corrected chi connectivity index (χ3v) is 7.10. The Morgan fingerprint density at radius 2 is 2.09 bits per heavy atom. The van der Waals surface area contributed by atoms with Crippen LogP contribution in [0.25, 0.3) is 0 Å². The van der Waals surface area contributed by atoms with Crippen LogP contribution < -0.4 is 4.74 Å². The van der Waals surface area contributed by atoms with Gasteiger partial charge in [-0.25, -0.2) is 0 Å². The smallest absolute Gasteiger partial charge is 0.119 e. The molecule has 1 aromatic carbocycles. The molecule has 4 atom stereocenters. The molecule has 0 bridgehead atoms. The first-order valence-electron chi connectivity index (χ1n) is 9.16. The molecular formula is C22H28O. The number of hydrogen-bond acceptors (Lipinski definition) is 1. The van der Waals surface area contributed by atoms with Crippen LogP contribution >= 0.6 is 0 Å². The Balaban J connectivity index is 1.70. The van der Waals surface area contributed by atoms with E-state index in [0.717, 1.165) is 23.5 Å². The Morgan fingerprint density at radius 3 is 2.87 bits per heavy atom. The van der Waals surface area contributed by atoms with Gasteiger partial charge in [0.05, 0.1) is 7.11 Å². The van der Waals surface area contributed by atoms with Gasteiger partial charge in [-0.05, 0) is 85.0 Å². The molecule has 2 saturated carbocycles. The molecule has 0 aromatic heterocycles. The van der Waals surface area contributed by atoms with Crippen molar-refractivity contribution in [1.82, 2.24) is 0 Å². The highest BCUT2D eigenvalue weighted by Crippen LogP contribution is 2.62. The molecule has 23 heavy (non-hydrogen) atoms. The number of fused-ring (bicyclic) bond motifs is 5. The van der Waals surface area contributed by atoms with Crippen LogP contribution in [0.3, 0.4) is 0 Å². The van der Waals surface area contributed by atoms with E-state index in [1.165, 1.54) is 38.5 Å². The van der Waals surface area contributed by atoms with Gasteiger partial charge in [-0.2, -0.15) is 0 Å². The van der Waals surface area contributed by atoms with E-state index in [9.17, 15) is 0 Å². The van der Waals surface area contributed by atoms with E-state index in [1.807, 2.05) is 6.08 Å². The van der Waals surface area contributed by atoms with Crippen molar-refractivity contribution in [3.05, 3.63) is 53.6 Å². The quantitative estimate of drug-likeness (QED) is 0.684. The minimum Gasteiger partial charge on any atom is -0.497 e. The van der Waals surface area contributed by atoms with Crippen molar-refractivity contribution in [1.29, 1.82) is 0 Å². The van der Waals surface area contributed by atoms with Gasteiger partial charge >= 0.3 is 0 Å². The number of hydrogen-bond donors (Lipinski definition) is 0. The van der Waals surface area contributed by atoms with Gasteiger partial charge in [-0.1, -0.05) is 37.3 Å². The van der Waals surface area contributed by atoms with Gasteiger partial charge in [0.25, 0.3) is 0 Å². The van der Waals surface area contributed by atoms with Crippen molar-refractivity contribution in [2.45, 2.75) is 51.4 Å². The number of allylic oxidation sites excluding steroid dienone is 3. The molecule has 0 heterocycles. The van der Waals surface area contributed by atoms with E-state index in [-0.39, 0.29) is 0 Å². The molecule has 122 valence electrons. The number of benzene rings is 1. The Labute approximate surface area is 140 Å². The molecule has 1 nitrogen and oxygen atoms in total. The molecule has 0 N–H and O–H groups in total. The average Bonchev–Trinajstić information content (AvgIpc) is 2.91. The first-order valence-corrected chi connectivity index (χ1v) is 9.16. The largest absolute Gasteiger partial charge is 0.497 e. The Bertz CT molecular complexity index is 656. The van der Waals surface area contributed by atoms with Gasteiger partial charge in [-0.3, -0.25) is 0 Å². The van der Waals surface area contributed by atoms with Crippen LogP contribution in [0.4, 0.5) is 0 Å². The third-order valence-electron chi connectivity index (χ3n) is 7.10. The summed E-state index contributed by atoms with van der Waals surface area (Å²) in [6.45, 7) is 6.46. The lowest BCUT2D eigenvalue weighted by Gasteiger charge is -2.49. The fourth-order valence-corrected chi connectivity index (χ4v) is 5.94. The number of ether oxygens (including phenoxy) is 1. The topological polar surface area (TPSA) is 9.23 Å². The molecule has 0 aliphatic heterocycles. The van der Waals surface area contributed by atoms with Crippen LogP contribution in [0.2, 0.25) is 0 Å². The van der Waals surface area contributed by atoms with Crippen LogP contribution in [0, 0.1) is 17.3 Å². The number of rotatable bonds is 2. The van der Waals surface area contributed by atoms with Crippen molar-refractivity contribution in [3.8, 4) is 5.75 Å². The first-order chi connectivity index (χ1) is 11.2. The lowest BCUT2D eigenvalue weighted by atomic mass is 9.55. The second-order valence-electron chi connectivity index (χ2n) is 7.90. The highest BCUT2D eigenvalue weighted by molar-refractivity contribution is 5.41. The molecule has 0 saturated heterocycles. The van der Waals surface area contributed by atoms with Crippen molar-refractivity contribution in [2.75, 3.05) is 7.11 Å². The standard InChI is InChI=1S/C22H28O/c1-4-5-16-8-11-21-19-10-7-15-6-9-17(23-3)14-20(15)18(19)12-13-22(16,21)2/h4-6,9,14,18-19,21H,1,7-8,10-13H2,2-3H3/b16-5+/t18-,19+,21-,22+/m0/s1. The maximum Gasteiger partial charge on any atom is 0.119 e. The maximum absolute atomic E-state index is 5.50. The lowest BCUT2D eigenvalue weighted by molar-refractivity contribution is 0.0813. The summed E-state index contributed by atoms with van der Waals surface area (Å²) >= 11 is 0. The molecule has 0 unspecified atom stereocenters. The lowest BCUT2D eigenvalue weighted by Crippen LogP contribution is -2.40. The zero-order valence-corrected chi connectivity index (χ0v) is 14.5. The van der Waals surface area contributed by atoms with Gasteiger partial charge in [-0.15, -0.1) is 0 Å². The van der Waals surface area contributed by atoms with Gasteiger partial charge in [0.1, 0.15) is 5.75 Å². The molecular weight excluding hydrogens is 280 g/mol. The van der Waals surface area contributed by atoms with Crippen LogP contribution in [0.1, 0.15) is 56.1 Å². The summed E-state index contributed by atoms with van der Waals surface area (Å²) in [6, 6.07) is 6.76. The summed E-state index contributed by atoms with van der Waals surface area (Å²) in [5.74, 6) is 3.47. The highest BCUT2D eigenvalue weighted by atomic mass is 16.5. The summed E-state index contributed by atoms with van der Waals surface area (Å²) in [6.07, 6.45) is 12.2. The fraction of sp³-hybridized carbons (Fsp3) is 0.545. The molecule has 4 rings (SSSR count). The first kappa shape index (κ1) is 15.1. The van der Waals surface area contributed by atoms with Crippen LogP contribution in [0.15, 0.2) is 42.5 Å². The minimum atomic E-state index is 0.422. The van der Waals surface area contributed by atoms with E-state index >= 15 is 0 Å². The summed E-state index contributed by atoms with van der Waals surface area (Å²) in [5, 5.41) is 0. The van der Waals surface area contributed by atoms with E-state index in [2.05, 4.69) is 37.8 Å². The second-order valence-corrected chi connectivity index (χ2v) is 7.90. The van der Waals surface area contributed by atoms with Gasteiger partial charge < -0.3 is 4.74 Å². The third kappa shape index (κ3) is 2.20. The van der Waals surface area contributed by atoms with Gasteiger partial charge in [0, 0.05) is 0 Å². The van der Waals surface area contributed by atoms with Crippen molar-refractivity contribution < 1.29 is 4.74 Å². The average molecular weight is 308 g/mol. The molecule has 1 heteroatoms. The summed E-state index contributed by atoms with van der Waals surface area (Å²) < 4.78 is 5.50. The fourth-order valence-electron chi connectivity index (χ4n) is 5.94. The Hall–Kier alpha value is -1.50. The van der Waals surface area contributed by atoms with Crippen molar-refractivity contribution in [3.63, 3.8) is 0 Å². The summed E-state index contributed by atoms with van der Waals surface area (Å²) in [5.41, 5.74) is 5.23. The molecule has 3 aliphatic rings. The van der Waals surface area contributed by atoms with E-state index in [0.29, 0.717) is 5.41 Å². The SMILES string of the molecule is C=C/C=C1\CC[C@H]2[C@@H]3CCc4ccc(OC)cc4[C@H]3CC[C@]12C. The molecule has 1 aromatic rings. The van der Waals surface area contributed by atoms with Crippen LogP contribution in [-0.4, -0.2) is 7.11 Å². The van der Waals surface area contributed by atoms with E-state index in [1.54, 1.807) is 23.8 Å². The maximum atomic E-state index is 5.50. The molecule has 3 aliphatic carbocycles. The summed E-state index contributed by atoms with van der Waals surface area (Å²) in [4.78, 5) is 0. The Kier molecular flexibility index (Phi) is 3.63. The van der Waals surface area contributed by atoms with Crippen LogP contribution in [0.5, 0.6) is 5.75 Å². The van der Waals surface area contributed by atoms with Crippen molar-refractivity contribution in [2.24, 2.45) is 17.3 Å². The van der Waals surface area contributed by atoms with Crippen LogP contribution in [-0.2, 0) is 6.42 Å². The highest BCUT2D eigenvalue weighted by Gasteiger charge is 2.52. The molecule has 0 radical (unpaired) electrons. The zero-order valence-electron chi connectivity index (χ0n) is 14.5. The van der Waals surface area contributed by atoms with E-state index < -0.39 is 0 Å². The molecule has 2 fully saturated rings. The number of methoxy groups -OCH3 is 1. The molecule has 0 amide bonds. The number of aryl methyl sites for hydroxylation is 1. The predicted molar refractivity (Wildman–Crippen MR) is 95.9 cm³/mol. The summed E-state index contributed by atoms with van der Waals surface area (Å²) in [7, 11) is 1.78. The second kappa shape index (κ2) is 5.54. The van der Waals surface area contributed by atoms with Gasteiger partial charge in [0.15, 0.2) is 0 Å². The monoisotopic (exact) mass is 308 g/mol. The minimum absolute atomic E-state index is 0.422. The predicted octanol–water partition coefficient (Wildman–Crippen LogP) is 5.66. The Morgan fingerprint density at radius 1 is 1.22 bits per heavy atom.